The molecule has 1 heterocycles. The molecule has 1 aliphatic heterocycles. The van der Waals surface area contributed by atoms with Gasteiger partial charge in [-0.25, -0.2) is 0 Å². The van der Waals surface area contributed by atoms with Crippen LogP contribution in [-0.2, 0) is 6.42 Å². The van der Waals surface area contributed by atoms with Gasteiger partial charge in [-0.15, -0.1) is 0 Å². The topological polar surface area (TPSA) is 14.1 Å². The Labute approximate surface area is 71.4 Å². The first-order valence-corrected chi connectivity index (χ1v) is 4.20. The van der Waals surface area contributed by atoms with Crippen LogP contribution in [0.1, 0.15) is 12.0 Å². The van der Waals surface area contributed by atoms with Crippen LogP contribution in [0.25, 0.3) is 0 Å². The van der Waals surface area contributed by atoms with Gasteiger partial charge in [0.1, 0.15) is 0 Å². The van der Waals surface area contributed by atoms with Gasteiger partial charge in [-0.05, 0) is 24.5 Å². The molecule has 0 aromatic heterocycles. The van der Waals surface area contributed by atoms with Crippen molar-refractivity contribution in [2.45, 2.75) is 12.8 Å². The first-order chi connectivity index (χ1) is 5.38. The maximum absolute atomic E-state index is 5.95. The summed E-state index contributed by atoms with van der Waals surface area (Å²) in [5, 5.41) is 5.15. The number of hydrogen-bond donors (Lipinski definition) is 0. The van der Waals surface area contributed by atoms with E-state index < -0.39 is 0 Å². The van der Waals surface area contributed by atoms with E-state index in [2.05, 4.69) is 11.4 Å². The first kappa shape index (κ1) is 6.99. The van der Waals surface area contributed by atoms with Crippen molar-refractivity contribution in [1.82, 2.24) is 5.32 Å². The zero-order valence-electron chi connectivity index (χ0n) is 6.18. The summed E-state index contributed by atoms with van der Waals surface area (Å²) in [6, 6.07) is 5.99. The number of nitrogens with zero attached hydrogens (tertiary/aromatic N) is 1. The van der Waals surface area contributed by atoms with Crippen LogP contribution in [0.5, 0.6) is 0 Å². The van der Waals surface area contributed by atoms with Gasteiger partial charge >= 0.3 is 0 Å². The molecule has 57 valence electrons. The van der Waals surface area contributed by atoms with Crippen molar-refractivity contribution in [3.63, 3.8) is 0 Å². The minimum atomic E-state index is 0.794. The minimum absolute atomic E-state index is 0.794. The third kappa shape index (κ3) is 1.21. The smallest absolute Gasteiger partial charge is 0.0792 e. The largest absolute Gasteiger partial charge is 0.283 e. The number of para-hydroxylation sites is 1. The Hall–Kier alpha value is -0.690. The summed E-state index contributed by atoms with van der Waals surface area (Å²) in [5.41, 5.74) is 2.31. The molecule has 1 aromatic carbocycles. The number of benzene rings is 1. The summed E-state index contributed by atoms with van der Waals surface area (Å²) in [5.74, 6) is 0. The van der Waals surface area contributed by atoms with Gasteiger partial charge in [0.25, 0.3) is 0 Å². The molecule has 1 aromatic rings. The van der Waals surface area contributed by atoms with Gasteiger partial charge in [0, 0.05) is 6.54 Å². The highest BCUT2D eigenvalue weighted by Crippen LogP contribution is 2.29. The second-order valence-corrected chi connectivity index (χ2v) is 3.14. The molecule has 0 saturated carbocycles. The summed E-state index contributed by atoms with van der Waals surface area (Å²) < 4.78 is 0. The van der Waals surface area contributed by atoms with E-state index in [1.165, 1.54) is 5.56 Å². The number of fused-ring (bicyclic) bond motifs is 1. The van der Waals surface area contributed by atoms with Crippen molar-refractivity contribution in [3.8, 4) is 0 Å². The van der Waals surface area contributed by atoms with Crippen molar-refractivity contribution in [3.05, 3.63) is 28.8 Å². The molecule has 1 radical (unpaired) electrons. The van der Waals surface area contributed by atoms with Gasteiger partial charge in [-0.2, -0.15) is 0 Å². The van der Waals surface area contributed by atoms with Crippen LogP contribution < -0.4 is 5.32 Å². The molecule has 1 aliphatic rings. The Morgan fingerprint density at radius 1 is 1.36 bits per heavy atom. The SMILES string of the molecule is Clc1cccc2c1[N]CCC2. The van der Waals surface area contributed by atoms with Gasteiger partial charge in [0.15, 0.2) is 0 Å². The molecule has 1 nitrogen and oxygen atoms in total. The molecule has 0 bridgehead atoms. The summed E-state index contributed by atoms with van der Waals surface area (Å²) in [6.07, 6.45) is 2.28. The number of rotatable bonds is 0. The highest BCUT2D eigenvalue weighted by Gasteiger charge is 2.11. The van der Waals surface area contributed by atoms with Crippen LogP contribution in [0.3, 0.4) is 0 Å². The van der Waals surface area contributed by atoms with Gasteiger partial charge in [0.05, 0.1) is 10.7 Å². The van der Waals surface area contributed by atoms with Gasteiger partial charge in [-0.1, -0.05) is 23.7 Å². The summed E-state index contributed by atoms with van der Waals surface area (Å²) >= 11 is 5.95. The lowest BCUT2D eigenvalue weighted by Crippen LogP contribution is -2.10. The standard InChI is InChI=1S/C9H9ClN/c10-8-5-1-3-7-4-2-6-11-9(7)8/h1,3,5H,2,4,6H2. The fourth-order valence-electron chi connectivity index (χ4n) is 1.40. The van der Waals surface area contributed by atoms with Crippen molar-refractivity contribution in [2.75, 3.05) is 6.54 Å². The second kappa shape index (κ2) is 2.74. The fourth-order valence-corrected chi connectivity index (χ4v) is 1.65. The molecule has 0 N–H and O–H groups in total. The maximum Gasteiger partial charge on any atom is 0.0792 e. The molecular formula is C9H9ClN. The molecule has 0 fully saturated rings. The Morgan fingerprint density at radius 3 is 3.09 bits per heavy atom. The van der Waals surface area contributed by atoms with Gasteiger partial charge in [0.2, 0.25) is 0 Å². The van der Waals surface area contributed by atoms with E-state index in [1.807, 2.05) is 12.1 Å². The van der Waals surface area contributed by atoms with E-state index in [9.17, 15) is 0 Å². The van der Waals surface area contributed by atoms with E-state index in [1.54, 1.807) is 0 Å². The summed E-state index contributed by atoms with van der Waals surface area (Å²) in [4.78, 5) is 0. The molecule has 0 unspecified atom stereocenters. The fraction of sp³-hybridized carbons (Fsp3) is 0.333. The van der Waals surface area contributed by atoms with Crippen molar-refractivity contribution in [1.29, 1.82) is 0 Å². The van der Waals surface area contributed by atoms with Gasteiger partial charge in [-0.3, -0.25) is 5.32 Å². The van der Waals surface area contributed by atoms with Crippen LogP contribution in [0.4, 0.5) is 5.69 Å². The van der Waals surface area contributed by atoms with Crippen LogP contribution in [0.2, 0.25) is 5.02 Å². The summed E-state index contributed by atoms with van der Waals surface area (Å²) in [6.45, 7) is 0.927. The molecule has 2 heteroatoms. The summed E-state index contributed by atoms with van der Waals surface area (Å²) in [7, 11) is 0. The third-order valence-electron chi connectivity index (χ3n) is 1.94. The maximum atomic E-state index is 5.95. The number of halogens is 1. The van der Waals surface area contributed by atoms with E-state index in [-0.39, 0.29) is 0 Å². The second-order valence-electron chi connectivity index (χ2n) is 2.73. The molecule has 11 heavy (non-hydrogen) atoms. The van der Waals surface area contributed by atoms with Crippen LogP contribution >= 0.6 is 11.6 Å². The molecule has 0 spiro atoms. The quantitative estimate of drug-likeness (QED) is 0.563. The van der Waals surface area contributed by atoms with E-state index in [0.29, 0.717) is 0 Å². The van der Waals surface area contributed by atoms with Crippen molar-refractivity contribution < 1.29 is 0 Å². The molecule has 2 rings (SSSR count). The lowest BCUT2D eigenvalue weighted by Gasteiger charge is -2.15. The van der Waals surface area contributed by atoms with E-state index >= 15 is 0 Å². The normalized spacial score (nSPS) is 15.4. The Morgan fingerprint density at radius 2 is 2.27 bits per heavy atom. The van der Waals surface area contributed by atoms with Crippen molar-refractivity contribution >= 4 is 17.3 Å². The van der Waals surface area contributed by atoms with Crippen LogP contribution in [0.15, 0.2) is 18.2 Å². The molecular weight excluding hydrogens is 158 g/mol. The van der Waals surface area contributed by atoms with Crippen molar-refractivity contribution in [2.24, 2.45) is 0 Å². The average Bonchev–Trinajstić information content (AvgIpc) is 2.06. The lowest BCUT2D eigenvalue weighted by atomic mass is 10.0. The third-order valence-corrected chi connectivity index (χ3v) is 2.25. The number of hydrogen-bond acceptors (Lipinski definition) is 0. The highest BCUT2D eigenvalue weighted by molar-refractivity contribution is 6.33. The Kier molecular flexibility index (Phi) is 1.74. The van der Waals surface area contributed by atoms with Crippen LogP contribution in [0, 0.1) is 0 Å². The first-order valence-electron chi connectivity index (χ1n) is 3.83. The van der Waals surface area contributed by atoms with Crippen LogP contribution in [-0.4, -0.2) is 6.54 Å². The average molecular weight is 167 g/mol. The molecule has 0 saturated heterocycles. The highest BCUT2D eigenvalue weighted by atomic mass is 35.5. The molecule has 0 aliphatic carbocycles. The zero-order valence-corrected chi connectivity index (χ0v) is 6.93. The molecule has 0 atom stereocenters. The Bertz CT molecular complexity index is 270. The molecule has 0 amide bonds. The lowest BCUT2D eigenvalue weighted by molar-refractivity contribution is 0.704. The zero-order chi connectivity index (χ0) is 7.68. The predicted molar refractivity (Wildman–Crippen MR) is 46.4 cm³/mol. The van der Waals surface area contributed by atoms with E-state index in [0.717, 1.165) is 30.1 Å². The van der Waals surface area contributed by atoms with Gasteiger partial charge < -0.3 is 0 Å². The monoisotopic (exact) mass is 166 g/mol. The minimum Gasteiger partial charge on any atom is -0.283 e. The van der Waals surface area contributed by atoms with E-state index in [4.69, 9.17) is 11.6 Å². The predicted octanol–water partition coefficient (Wildman–Crippen LogP) is 2.52. The number of aryl methyl sites for hydroxylation is 1. The Balaban J connectivity index is 2.49.